The number of rotatable bonds is 5. The summed E-state index contributed by atoms with van der Waals surface area (Å²) in [4.78, 5) is 24.3. The van der Waals surface area contributed by atoms with Gasteiger partial charge in [0, 0.05) is 17.5 Å². The number of aryl methyl sites for hydroxylation is 2. The SMILES string of the molecule is CC(=O)Nc1cc(NC(=O)CSc2ccc3c(c2)CCC3)ccc1F. The molecule has 0 aliphatic heterocycles. The highest BCUT2D eigenvalue weighted by atomic mass is 32.2. The zero-order chi connectivity index (χ0) is 17.8. The van der Waals surface area contributed by atoms with E-state index in [2.05, 4.69) is 28.8 Å². The molecule has 4 nitrogen and oxygen atoms in total. The summed E-state index contributed by atoms with van der Waals surface area (Å²) >= 11 is 1.48. The van der Waals surface area contributed by atoms with Crippen molar-refractivity contribution in [1.29, 1.82) is 0 Å². The summed E-state index contributed by atoms with van der Waals surface area (Å²) in [7, 11) is 0. The molecular formula is C19H19FN2O2S. The summed E-state index contributed by atoms with van der Waals surface area (Å²) in [6.07, 6.45) is 3.45. The van der Waals surface area contributed by atoms with Crippen LogP contribution in [0.4, 0.5) is 15.8 Å². The molecular weight excluding hydrogens is 339 g/mol. The molecule has 1 aliphatic carbocycles. The molecule has 0 aromatic heterocycles. The van der Waals surface area contributed by atoms with Gasteiger partial charge in [0.25, 0.3) is 0 Å². The van der Waals surface area contributed by atoms with Crippen LogP contribution in [0.1, 0.15) is 24.5 Å². The van der Waals surface area contributed by atoms with Gasteiger partial charge < -0.3 is 10.6 Å². The number of anilines is 2. The summed E-state index contributed by atoms with van der Waals surface area (Å²) < 4.78 is 13.6. The number of fused-ring (bicyclic) bond motifs is 1. The largest absolute Gasteiger partial charge is 0.325 e. The third-order valence-corrected chi connectivity index (χ3v) is 4.99. The Morgan fingerprint density at radius 1 is 1.08 bits per heavy atom. The fourth-order valence-electron chi connectivity index (χ4n) is 2.87. The minimum absolute atomic E-state index is 0.0524. The van der Waals surface area contributed by atoms with Crippen LogP contribution in [0.3, 0.4) is 0 Å². The fraction of sp³-hybridized carbons (Fsp3) is 0.263. The average molecular weight is 358 g/mol. The molecule has 0 radical (unpaired) electrons. The van der Waals surface area contributed by atoms with Crippen molar-refractivity contribution in [2.45, 2.75) is 31.1 Å². The van der Waals surface area contributed by atoms with E-state index in [1.165, 1.54) is 54.4 Å². The van der Waals surface area contributed by atoms with Gasteiger partial charge in [-0.15, -0.1) is 11.8 Å². The molecule has 2 aromatic carbocycles. The van der Waals surface area contributed by atoms with Crippen LogP contribution >= 0.6 is 11.8 Å². The van der Waals surface area contributed by atoms with Crippen molar-refractivity contribution >= 4 is 35.0 Å². The minimum atomic E-state index is -0.541. The molecule has 0 heterocycles. The number of benzene rings is 2. The van der Waals surface area contributed by atoms with Gasteiger partial charge >= 0.3 is 0 Å². The highest BCUT2D eigenvalue weighted by Crippen LogP contribution is 2.27. The molecule has 0 bridgehead atoms. The molecule has 0 spiro atoms. The normalized spacial score (nSPS) is 12.6. The third-order valence-electron chi connectivity index (χ3n) is 4.00. The zero-order valence-electron chi connectivity index (χ0n) is 13.9. The van der Waals surface area contributed by atoms with Gasteiger partial charge in [-0.25, -0.2) is 4.39 Å². The Balaban J connectivity index is 1.58. The number of amides is 2. The summed E-state index contributed by atoms with van der Waals surface area (Å²) in [5, 5.41) is 5.13. The predicted octanol–water partition coefficient (Wildman–Crippen LogP) is 4.00. The molecule has 2 amide bonds. The van der Waals surface area contributed by atoms with E-state index in [4.69, 9.17) is 0 Å². The maximum absolute atomic E-state index is 13.6. The van der Waals surface area contributed by atoms with E-state index in [1.807, 2.05) is 0 Å². The van der Waals surface area contributed by atoms with Crippen molar-refractivity contribution in [3.8, 4) is 0 Å². The van der Waals surface area contributed by atoms with Gasteiger partial charge in [-0.3, -0.25) is 9.59 Å². The van der Waals surface area contributed by atoms with Crippen LogP contribution in [-0.4, -0.2) is 17.6 Å². The standard InChI is InChI=1S/C19H19FN2O2S/c1-12(23)21-18-10-15(6-8-17(18)20)22-19(24)11-25-16-7-5-13-3-2-4-14(13)9-16/h5-10H,2-4,11H2,1H3,(H,21,23)(H,22,24). The second-order valence-corrected chi connectivity index (χ2v) is 7.05. The number of carbonyl (C=O) groups is 2. The van der Waals surface area contributed by atoms with E-state index in [9.17, 15) is 14.0 Å². The average Bonchev–Trinajstić information content (AvgIpc) is 3.03. The molecule has 130 valence electrons. The summed E-state index contributed by atoms with van der Waals surface area (Å²) in [6.45, 7) is 1.30. The lowest BCUT2D eigenvalue weighted by molar-refractivity contribution is -0.114. The van der Waals surface area contributed by atoms with Gasteiger partial charge in [-0.05, 0) is 60.7 Å². The number of hydrogen-bond acceptors (Lipinski definition) is 3. The molecule has 0 atom stereocenters. The Morgan fingerprint density at radius 3 is 2.68 bits per heavy atom. The van der Waals surface area contributed by atoms with Crippen molar-refractivity contribution in [3.63, 3.8) is 0 Å². The lowest BCUT2D eigenvalue weighted by Gasteiger charge is -2.09. The van der Waals surface area contributed by atoms with Gasteiger partial charge in [-0.2, -0.15) is 0 Å². The predicted molar refractivity (Wildman–Crippen MR) is 98.5 cm³/mol. The molecule has 6 heteroatoms. The van der Waals surface area contributed by atoms with Crippen molar-refractivity contribution in [3.05, 3.63) is 53.3 Å². The summed E-state index contributed by atoms with van der Waals surface area (Å²) in [6, 6.07) is 10.5. The number of hydrogen-bond donors (Lipinski definition) is 2. The lowest BCUT2D eigenvalue weighted by atomic mass is 10.1. The van der Waals surface area contributed by atoms with Crippen LogP contribution in [0.2, 0.25) is 0 Å². The van der Waals surface area contributed by atoms with Gasteiger partial charge in [-0.1, -0.05) is 6.07 Å². The van der Waals surface area contributed by atoms with Crippen molar-refractivity contribution in [1.82, 2.24) is 0 Å². The first kappa shape index (κ1) is 17.5. The van der Waals surface area contributed by atoms with Crippen molar-refractivity contribution in [2.24, 2.45) is 0 Å². The van der Waals surface area contributed by atoms with Crippen LogP contribution in [0, 0.1) is 5.82 Å². The summed E-state index contributed by atoms with van der Waals surface area (Å²) in [5.41, 5.74) is 3.29. The Labute approximate surface area is 150 Å². The van der Waals surface area contributed by atoms with Crippen LogP contribution in [0.25, 0.3) is 0 Å². The zero-order valence-corrected chi connectivity index (χ0v) is 14.7. The van der Waals surface area contributed by atoms with Gasteiger partial charge in [0.2, 0.25) is 11.8 Å². The van der Waals surface area contributed by atoms with Crippen molar-refractivity contribution in [2.75, 3.05) is 16.4 Å². The van der Waals surface area contributed by atoms with Crippen LogP contribution in [0.15, 0.2) is 41.3 Å². The molecule has 0 fully saturated rings. The Morgan fingerprint density at radius 2 is 1.88 bits per heavy atom. The van der Waals surface area contributed by atoms with E-state index in [0.29, 0.717) is 5.69 Å². The highest BCUT2D eigenvalue weighted by molar-refractivity contribution is 8.00. The lowest BCUT2D eigenvalue weighted by Crippen LogP contribution is -2.15. The first-order valence-corrected chi connectivity index (χ1v) is 9.11. The molecule has 2 aromatic rings. The van der Waals surface area contributed by atoms with E-state index >= 15 is 0 Å². The Bertz CT molecular complexity index is 823. The number of nitrogens with one attached hydrogen (secondary N) is 2. The van der Waals surface area contributed by atoms with Gasteiger partial charge in [0.15, 0.2) is 0 Å². The highest BCUT2D eigenvalue weighted by Gasteiger charge is 2.12. The van der Waals surface area contributed by atoms with E-state index in [0.717, 1.165) is 17.7 Å². The van der Waals surface area contributed by atoms with Gasteiger partial charge in [0.1, 0.15) is 5.82 Å². The molecule has 0 saturated heterocycles. The summed E-state index contributed by atoms with van der Waals surface area (Å²) in [5.74, 6) is -0.813. The topological polar surface area (TPSA) is 58.2 Å². The van der Waals surface area contributed by atoms with E-state index < -0.39 is 5.82 Å². The quantitative estimate of drug-likeness (QED) is 0.794. The molecule has 3 rings (SSSR count). The molecule has 1 aliphatic rings. The molecule has 2 N–H and O–H groups in total. The smallest absolute Gasteiger partial charge is 0.234 e. The van der Waals surface area contributed by atoms with Crippen LogP contribution in [0.5, 0.6) is 0 Å². The first-order chi connectivity index (χ1) is 12.0. The second-order valence-electron chi connectivity index (χ2n) is 6.00. The monoisotopic (exact) mass is 358 g/mol. The maximum Gasteiger partial charge on any atom is 0.234 e. The number of carbonyl (C=O) groups excluding carboxylic acids is 2. The fourth-order valence-corrected chi connectivity index (χ4v) is 3.63. The third kappa shape index (κ3) is 4.60. The number of thioether (sulfide) groups is 1. The minimum Gasteiger partial charge on any atom is -0.325 e. The first-order valence-electron chi connectivity index (χ1n) is 8.13. The van der Waals surface area contributed by atoms with Gasteiger partial charge in [0.05, 0.1) is 11.4 Å². The Kier molecular flexibility index (Phi) is 5.38. The molecule has 0 saturated carbocycles. The van der Waals surface area contributed by atoms with Crippen molar-refractivity contribution < 1.29 is 14.0 Å². The van der Waals surface area contributed by atoms with E-state index in [-0.39, 0.29) is 23.3 Å². The van der Waals surface area contributed by atoms with E-state index in [1.54, 1.807) is 0 Å². The van der Waals surface area contributed by atoms with Crippen LogP contribution in [-0.2, 0) is 22.4 Å². The number of halogens is 1. The van der Waals surface area contributed by atoms with Crippen LogP contribution < -0.4 is 10.6 Å². The maximum atomic E-state index is 13.6. The molecule has 0 unspecified atom stereocenters. The Hall–Kier alpha value is -2.34. The second kappa shape index (κ2) is 7.70. The molecule has 25 heavy (non-hydrogen) atoms.